The third kappa shape index (κ3) is 3.05. The highest BCUT2D eigenvalue weighted by Crippen LogP contribution is 2.37. The zero-order chi connectivity index (χ0) is 12.1. The van der Waals surface area contributed by atoms with Crippen LogP contribution in [0.5, 0.6) is 0 Å². The van der Waals surface area contributed by atoms with Crippen molar-refractivity contribution in [1.82, 2.24) is 10.4 Å². The highest BCUT2D eigenvalue weighted by Gasteiger charge is 2.27. The van der Waals surface area contributed by atoms with Gasteiger partial charge in [-0.2, -0.15) is 0 Å². The molecule has 1 aromatic heterocycles. The Morgan fingerprint density at radius 3 is 2.47 bits per heavy atom. The van der Waals surface area contributed by atoms with Gasteiger partial charge < -0.3 is 0 Å². The average Bonchev–Trinajstić information content (AvgIpc) is 2.42. The molecule has 0 radical (unpaired) electrons. The van der Waals surface area contributed by atoms with E-state index < -0.39 is 0 Å². The van der Waals surface area contributed by atoms with Crippen molar-refractivity contribution in [1.29, 1.82) is 0 Å². The maximum atomic E-state index is 5.73. The van der Waals surface area contributed by atoms with E-state index in [0.29, 0.717) is 5.92 Å². The summed E-state index contributed by atoms with van der Waals surface area (Å²) >= 11 is 0. The van der Waals surface area contributed by atoms with Gasteiger partial charge in [0.15, 0.2) is 0 Å². The maximum absolute atomic E-state index is 5.73. The molecule has 94 valence electrons. The molecule has 1 saturated carbocycles. The molecule has 0 amide bonds. The number of nitrogens with one attached hydrogen (secondary N) is 1. The van der Waals surface area contributed by atoms with Gasteiger partial charge in [-0.15, -0.1) is 0 Å². The summed E-state index contributed by atoms with van der Waals surface area (Å²) in [6, 6.07) is 4.42. The van der Waals surface area contributed by atoms with Crippen LogP contribution in [0.1, 0.15) is 50.6 Å². The molecule has 0 aliphatic heterocycles. The number of hydrogen-bond acceptors (Lipinski definition) is 3. The van der Waals surface area contributed by atoms with Gasteiger partial charge in [0.05, 0.1) is 0 Å². The molecule has 1 aliphatic carbocycles. The minimum atomic E-state index is 0.288. The van der Waals surface area contributed by atoms with Crippen LogP contribution in [0.4, 0.5) is 0 Å². The van der Waals surface area contributed by atoms with Gasteiger partial charge >= 0.3 is 0 Å². The second-order valence-electron chi connectivity index (χ2n) is 5.11. The number of nitrogens with two attached hydrogens (primary N) is 1. The van der Waals surface area contributed by atoms with Crippen molar-refractivity contribution in [3.8, 4) is 0 Å². The van der Waals surface area contributed by atoms with Gasteiger partial charge in [-0.05, 0) is 42.4 Å². The van der Waals surface area contributed by atoms with E-state index in [9.17, 15) is 0 Å². The van der Waals surface area contributed by atoms with Gasteiger partial charge in [-0.25, -0.2) is 0 Å². The standard InChI is InChI=1S/C14H23N3/c1-2-11-3-5-12(6-4-11)14(17-15)13-7-9-16-10-8-13/h7-12,14,17H,2-6,15H2,1H3. The summed E-state index contributed by atoms with van der Waals surface area (Å²) in [7, 11) is 0. The first-order chi connectivity index (χ1) is 8.35. The molecule has 3 N–H and O–H groups in total. The van der Waals surface area contributed by atoms with Crippen molar-refractivity contribution in [2.75, 3.05) is 0 Å². The van der Waals surface area contributed by atoms with Crippen LogP contribution < -0.4 is 11.3 Å². The Kier molecular flexibility index (Phi) is 4.51. The third-order valence-electron chi connectivity index (χ3n) is 4.18. The fraction of sp³-hybridized carbons (Fsp3) is 0.643. The summed E-state index contributed by atoms with van der Waals surface area (Å²) in [6.45, 7) is 2.30. The van der Waals surface area contributed by atoms with Crippen LogP contribution >= 0.6 is 0 Å². The van der Waals surface area contributed by atoms with E-state index in [1.807, 2.05) is 12.4 Å². The van der Waals surface area contributed by atoms with Crippen molar-refractivity contribution in [2.45, 2.75) is 45.1 Å². The van der Waals surface area contributed by atoms with Gasteiger partial charge in [-0.1, -0.05) is 26.2 Å². The van der Waals surface area contributed by atoms with Crippen LogP contribution in [0.2, 0.25) is 0 Å². The van der Waals surface area contributed by atoms with Crippen LogP contribution in [-0.2, 0) is 0 Å². The van der Waals surface area contributed by atoms with Crippen molar-refractivity contribution in [2.24, 2.45) is 17.7 Å². The van der Waals surface area contributed by atoms with E-state index in [4.69, 9.17) is 5.84 Å². The van der Waals surface area contributed by atoms with E-state index in [-0.39, 0.29) is 6.04 Å². The van der Waals surface area contributed by atoms with E-state index in [1.54, 1.807) is 0 Å². The normalized spacial score (nSPS) is 26.7. The van der Waals surface area contributed by atoms with E-state index in [2.05, 4.69) is 29.5 Å². The molecule has 1 unspecified atom stereocenters. The fourth-order valence-corrected chi connectivity index (χ4v) is 3.01. The Bertz CT molecular complexity index is 317. The molecule has 0 bridgehead atoms. The lowest BCUT2D eigenvalue weighted by atomic mass is 9.76. The predicted molar refractivity (Wildman–Crippen MR) is 70.0 cm³/mol. The van der Waals surface area contributed by atoms with E-state index >= 15 is 0 Å². The number of nitrogens with zero attached hydrogens (tertiary/aromatic N) is 1. The number of hydrazine groups is 1. The van der Waals surface area contributed by atoms with Gasteiger partial charge in [0.1, 0.15) is 0 Å². The van der Waals surface area contributed by atoms with Crippen LogP contribution in [0, 0.1) is 11.8 Å². The molecule has 0 saturated heterocycles. The lowest BCUT2D eigenvalue weighted by Crippen LogP contribution is -2.35. The Morgan fingerprint density at radius 2 is 1.94 bits per heavy atom. The lowest BCUT2D eigenvalue weighted by molar-refractivity contribution is 0.219. The Morgan fingerprint density at radius 1 is 1.29 bits per heavy atom. The van der Waals surface area contributed by atoms with Gasteiger partial charge in [0.2, 0.25) is 0 Å². The first kappa shape index (κ1) is 12.5. The smallest absolute Gasteiger partial charge is 0.0489 e. The fourth-order valence-electron chi connectivity index (χ4n) is 3.01. The number of pyridine rings is 1. The molecule has 0 spiro atoms. The topological polar surface area (TPSA) is 50.9 Å². The summed E-state index contributed by atoms with van der Waals surface area (Å²) < 4.78 is 0. The summed E-state index contributed by atoms with van der Waals surface area (Å²) in [4.78, 5) is 4.06. The SMILES string of the molecule is CCC1CCC(C(NN)c2ccncc2)CC1. The third-order valence-corrected chi connectivity index (χ3v) is 4.18. The highest BCUT2D eigenvalue weighted by atomic mass is 15.2. The Labute approximate surface area is 104 Å². The van der Waals surface area contributed by atoms with E-state index in [1.165, 1.54) is 37.7 Å². The molecule has 1 atom stereocenters. The number of aromatic nitrogens is 1. The summed E-state index contributed by atoms with van der Waals surface area (Å²) in [5.41, 5.74) is 4.26. The monoisotopic (exact) mass is 233 g/mol. The largest absolute Gasteiger partial charge is 0.271 e. The van der Waals surface area contributed by atoms with Crippen LogP contribution in [0.25, 0.3) is 0 Å². The van der Waals surface area contributed by atoms with Gasteiger partial charge in [-0.3, -0.25) is 16.3 Å². The molecule has 3 heteroatoms. The molecule has 17 heavy (non-hydrogen) atoms. The van der Waals surface area contributed by atoms with Crippen LogP contribution in [0.3, 0.4) is 0 Å². The first-order valence-electron chi connectivity index (χ1n) is 6.71. The van der Waals surface area contributed by atoms with Crippen molar-refractivity contribution >= 4 is 0 Å². The number of hydrogen-bond donors (Lipinski definition) is 2. The summed E-state index contributed by atoms with van der Waals surface area (Å²) in [6.07, 6.45) is 10.3. The molecular formula is C14H23N3. The average molecular weight is 233 g/mol. The molecule has 0 aromatic carbocycles. The lowest BCUT2D eigenvalue weighted by Gasteiger charge is -2.33. The van der Waals surface area contributed by atoms with E-state index in [0.717, 1.165) is 5.92 Å². The zero-order valence-corrected chi connectivity index (χ0v) is 10.6. The Hall–Kier alpha value is -0.930. The predicted octanol–water partition coefficient (Wildman–Crippen LogP) is 2.80. The molecule has 1 aliphatic rings. The maximum Gasteiger partial charge on any atom is 0.0489 e. The van der Waals surface area contributed by atoms with Crippen molar-refractivity contribution in [3.63, 3.8) is 0 Å². The minimum absolute atomic E-state index is 0.288. The first-order valence-corrected chi connectivity index (χ1v) is 6.71. The molecule has 1 aromatic rings. The van der Waals surface area contributed by atoms with Crippen LogP contribution in [-0.4, -0.2) is 4.98 Å². The van der Waals surface area contributed by atoms with Crippen LogP contribution in [0.15, 0.2) is 24.5 Å². The molecule has 1 heterocycles. The minimum Gasteiger partial charge on any atom is -0.271 e. The number of rotatable bonds is 4. The van der Waals surface area contributed by atoms with Gasteiger partial charge in [0, 0.05) is 18.4 Å². The summed E-state index contributed by atoms with van der Waals surface area (Å²) in [5.74, 6) is 7.34. The van der Waals surface area contributed by atoms with Crippen molar-refractivity contribution in [3.05, 3.63) is 30.1 Å². The molecular weight excluding hydrogens is 210 g/mol. The Balaban J connectivity index is 2.00. The van der Waals surface area contributed by atoms with Gasteiger partial charge in [0.25, 0.3) is 0 Å². The second-order valence-corrected chi connectivity index (χ2v) is 5.11. The second kappa shape index (κ2) is 6.12. The molecule has 3 nitrogen and oxygen atoms in total. The zero-order valence-electron chi connectivity index (χ0n) is 10.6. The van der Waals surface area contributed by atoms with Crippen molar-refractivity contribution < 1.29 is 0 Å². The molecule has 1 fully saturated rings. The quantitative estimate of drug-likeness (QED) is 0.621. The highest BCUT2D eigenvalue weighted by molar-refractivity contribution is 5.16. The summed E-state index contributed by atoms with van der Waals surface area (Å²) in [5, 5.41) is 0. The molecule has 2 rings (SSSR count).